The summed E-state index contributed by atoms with van der Waals surface area (Å²) in [4.78, 5) is 41.3. The molecule has 2 aliphatic rings. The van der Waals surface area contributed by atoms with Crippen molar-refractivity contribution < 1.29 is 45.8 Å². The smallest absolute Gasteiger partial charge is 0.417 e. The lowest BCUT2D eigenvalue weighted by Gasteiger charge is -2.32. The van der Waals surface area contributed by atoms with E-state index in [2.05, 4.69) is 20.9 Å². The van der Waals surface area contributed by atoms with Crippen molar-refractivity contribution in [3.8, 4) is 5.75 Å². The van der Waals surface area contributed by atoms with Crippen LogP contribution in [0, 0.1) is 17.6 Å². The van der Waals surface area contributed by atoms with E-state index in [1.54, 1.807) is 0 Å². The fourth-order valence-corrected chi connectivity index (χ4v) is 4.61. The molecule has 15 heteroatoms. The number of alkyl halides is 3. The fraction of sp³-hybridized carbons (Fsp3) is 0.440. The Bertz CT molecular complexity index is 1350. The number of primary amides is 1. The maximum Gasteiger partial charge on any atom is 0.417 e. The van der Waals surface area contributed by atoms with Crippen LogP contribution in [0.15, 0.2) is 24.3 Å². The van der Waals surface area contributed by atoms with Crippen molar-refractivity contribution in [3.63, 3.8) is 0 Å². The third-order valence-electron chi connectivity index (χ3n) is 7.07. The molecule has 0 spiro atoms. The second-order valence-corrected chi connectivity index (χ2v) is 9.79. The fourth-order valence-electron chi connectivity index (χ4n) is 4.61. The minimum Gasteiger partial charge on any atom is -0.493 e. The molecule has 10 nitrogen and oxygen atoms in total. The van der Waals surface area contributed by atoms with E-state index in [4.69, 9.17) is 15.2 Å². The number of halogens is 5. The summed E-state index contributed by atoms with van der Waals surface area (Å²) in [6.07, 6.45) is -5.23. The van der Waals surface area contributed by atoms with Gasteiger partial charge < -0.3 is 25.8 Å². The Labute approximate surface area is 224 Å². The van der Waals surface area contributed by atoms with Gasteiger partial charge in [0.2, 0.25) is 5.82 Å². The Balaban J connectivity index is 1.70. The van der Waals surface area contributed by atoms with Gasteiger partial charge in [-0.2, -0.15) is 17.6 Å². The van der Waals surface area contributed by atoms with E-state index < -0.39 is 64.9 Å². The zero-order valence-corrected chi connectivity index (χ0v) is 21.5. The highest BCUT2D eigenvalue weighted by atomic mass is 19.4. The SMILES string of the molecule is COc1c([C@H]2[C@H](C(=O)Nc3cc(NC(=O)NC4CC4)nc(C(N)=O)c3)O[C@@](C)(C(F)(F)F)[C@H]2C)ccc(F)c1F. The summed E-state index contributed by atoms with van der Waals surface area (Å²) in [5.41, 5.74) is 1.72. The highest BCUT2D eigenvalue weighted by molar-refractivity contribution is 5.99. The number of urea groups is 1. The predicted molar refractivity (Wildman–Crippen MR) is 131 cm³/mol. The van der Waals surface area contributed by atoms with Gasteiger partial charge in [-0.3, -0.25) is 14.9 Å². The van der Waals surface area contributed by atoms with Crippen LogP contribution in [0.5, 0.6) is 5.75 Å². The normalized spacial score (nSPS) is 24.4. The van der Waals surface area contributed by atoms with Gasteiger partial charge in [-0.15, -0.1) is 0 Å². The minimum absolute atomic E-state index is 0.00633. The van der Waals surface area contributed by atoms with E-state index in [-0.39, 0.29) is 28.8 Å². The maximum atomic E-state index is 14.5. The van der Waals surface area contributed by atoms with Crippen molar-refractivity contribution in [2.45, 2.75) is 56.5 Å². The molecule has 1 aromatic carbocycles. The van der Waals surface area contributed by atoms with Gasteiger partial charge in [0.05, 0.1) is 7.11 Å². The zero-order chi connectivity index (χ0) is 29.6. The Morgan fingerprint density at radius 2 is 1.82 bits per heavy atom. The van der Waals surface area contributed by atoms with Crippen LogP contribution in [0.3, 0.4) is 0 Å². The summed E-state index contributed by atoms with van der Waals surface area (Å²) in [6, 6.07) is 3.32. The summed E-state index contributed by atoms with van der Waals surface area (Å²) in [5, 5.41) is 7.40. The topological polar surface area (TPSA) is 145 Å². The zero-order valence-electron chi connectivity index (χ0n) is 21.5. The first kappa shape index (κ1) is 29.0. The number of anilines is 2. The third kappa shape index (κ3) is 5.50. The van der Waals surface area contributed by atoms with E-state index >= 15 is 0 Å². The molecule has 5 N–H and O–H groups in total. The van der Waals surface area contributed by atoms with Gasteiger partial charge in [0.1, 0.15) is 17.6 Å². The molecule has 1 saturated heterocycles. The molecule has 2 fully saturated rings. The molecule has 216 valence electrons. The van der Waals surface area contributed by atoms with Crippen molar-refractivity contribution in [1.29, 1.82) is 0 Å². The van der Waals surface area contributed by atoms with Crippen molar-refractivity contribution in [2.24, 2.45) is 11.7 Å². The first-order valence-electron chi connectivity index (χ1n) is 12.1. The monoisotopic (exact) mass is 571 g/mol. The molecule has 0 bridgehead atoms. The van der Waals surface area contributed by atoms with Crippen LogP contribution >= 0.6 is 0 Å². The number of benzene rings is 1. The highest BCUT2D eigenvalue weighted by Gasteiger charge is 2.66. The molecule has 2 aromatic rings. The number of pyridine rings is 1. The largest absolute Gasteiger partial charge is 0.493 e. The van der Waals surface area contributed by atoms with E-state index in [9.17, 15) is 36.3 Å². The Kier molecular flexibility index (Phi) is 7.62. The van der Waals surface area contributed by atoms with Crippen LogP contribution in [0.2, 0.25) is 0 Å². The lowest BCUT2D eigenvalue weighted by atomic mass is 9.77. The molecule has 0 radical (unpaired) electrons. The molecule has 4 rings (SSSR count). The maximum absolute atomic E-state index is 14.5. The molecule has 1 saturated carbocycles. The van der Waals surface area contributed by atoms with Crippen LogP contribution in [0.1, 0.15) is 48.7 Å². The quantitative estimate of drug-likeness (QED) is 0.372. The number of methoxy groups -OCH3 is 1. The standard InChI is InChI=1S/C25H26F5N5O5/c1-10-17(13-6-7-14(26)18(27)19(13)39-3)20(40-24(10,2)25(28,29)30)22(37)32-12-8-15(21(31)36)34-16(9-12)35-23(38)33-11-4-5-11/h6-11,17,20H,4-5H2,1-3H3,(H2,31,36)(H3,32,33,34,35,37,38)/t10-,17-,20+,24+/m0/s1. The molecular weight excluding hydrogens is 545 g/mol. The minimum atomic E-state index is -4.95. The molecule has 1 aromatic heterocycles. The average molecular weight is 572 g/mol. The molecule has 0 unspecified atom stereocenters. The number of hydrogen-bond donors (Lipinski definition) is 4. The van der Waals surface area contributed by atoms with Gasteiger partial charge >= 0.3 is 12.2 Å². The average Bonchev–Trinajstić information content (AvgIpc) is 3.63. The number of rotatable bonds is 7. The van der Waals surface area contributed by atoms with Gasteiger partial charge in [-0.05, 0) is 31.9 Å². The number of amides is 4. The van der Waals surface area contributed by atoms with Gasteiger partial charge in [0.15, 0.2) is 17.2 Å². The number of hydrogen-bond acceptors (Lipinski definition) is 6. The first-order valence-corrected chi connectivity index (χ1v) is 12.1. The van der Waals surface area contributed by atoms with Crippen molar-refractivity contribution in [3.05, 3.63) is 47.2 Å². The number of ether oxygens (including phenoxy) is 2. The number of nitrogens with two attached hydrogens (primary N) is 1. The first-order chi connectivity index (χ1) is 18.7. The molecule has 1 aliphatic carbocycles. The van der Waals surface area contributed by atoms with Gasteiger partial charge in [0, 0.05) is 35.2 Å². The number of carbonyl (C=O) groups excluding carboxylic acids is 3. The molecule has 1 aliphatic heterocycles. The Morgan fingerprint density at radius 3 is 2.40 bits per heavy atom. The molecule has 40 heavy (non-hydrogen) atoms. The summed E-state index contributed by atoms with van der Waals surface area (Å²) in [5.74, 6) is -8.61. The van der Waals surface area contributed by atoms with E-state index in [1.165, 1.54) is 6.92 Å². The Hall–Kier alpha value is -4.01. The summed E-state index contributed by atoms with van der Waals surface area (Å²) >= 11 is 0. The van der Waals surface area contributed by atoms with E-state index in [1.807, 2.05) is 0 Å². The second kappa shape index (κ2) is 10.5. The van der Waals surface area contributed by atoms with Crippen LogP contribution in [0.25, 0.3) is 0 Å². The molecule has 4 amide bonds. The van der Waals surface area contributed by atoms with Gasteiger partial charge in [0.25, 0.3) is 11.8 Å². The second-order valence-electron chi connectivity index (χ2n) is 9.79. The van der Waals surface area contributed by atoms with Crippen molar-refractivity contribution in [2.75, 3.05) is 17.7 Å². The predicted octanol–water partition coefficient (Wildman–Crippen LogP) is 3.83. The third-order valence-corrected chi connectivity index (χ3v) is 7.07. The van der Waals surface area contributed by atoms with Crippen molar-refractivity contribution >= 4 is 29.4 Å². The number of aromatic nitrogens is 1. The van der Waals surface area contributed by atoms with Crippen LogP contribution in [-0.2, 0) is 9.53 Å². The molecule has 2 heterocycles. The van der Waals surface area contributed by atoms with E-state index in [0.717, 1.165) is 45.1 Å². The highest BCUT2D eigenvalue weighted by Crippen LogP contribution is 2.55. The molecule has 4 atom stereocenters. The van der Waals surface area contributed by atoms with Crippen LogP contribution in [-0.4, -0.2) is 53.9 Å². The lowest BCUT2D eigenvalue weighted by molar-refractivity contribution is -0.272. The van der Waals surface area contributed by atoms with Crippen LogP contribution < -0.4 is 26.4 Å². The lowest BCUT2D eigenvalue weighted by Crippen LogP contribution is -2.47. The van der Waals surface area contributed by atoms with Gasteiger partial charge in [-0.1, -0.05) is 13.0 Å². The summed E-state index contributed by atoms with van der Waals surface area (Å²) in [6.45, 7) is 1.92. The summed E-state index contributed by atoms with van der Waals surface area (Å²) < 4.78 is 81.2. The number of nitrogens with one attached hydrogen (secondary N) is 3. The number of nitrogens with zero attached hydrogens (tertiary/aromatic N) is 1. The molecular formula is C25H26F5N5O5. The Morgan fingerprint density at radius 1 is 1.15 bits per heavy atom. The van der Waals surface area contributed by atoms with E-state index in [0.29, 0.717) is 6.07 Å². The number of carbonyl (C=O) groups is 3. The summed E-state index contributed by atoms with van der Waals surface area (Å²) in [7, 11) is 1.01. The van der Waals surface area contributed by atoms with Crippen molar-refractivity contribution in [1.82, 2.24) is 10.3 Å². The van der Waals surface area contributed by atoms with Crippen LogP contribution in [0.4, 0.5) is 38.3 Å². The van der Waals surface area contributed by atoms with Gasteiger partial charge in [-0.25, -0.2) is 14.2 Å².